The molecule has 3 atom stereocenters. The SMILES string of the molecule is O=C1CCCC2C1CNC2c1ccccc1F. The number of hydrogen-bond donors (Lipinski definition) is 1. The van der Waals surface area contributed by atoms with Crippen LogP contribution >= 0.6 is 0 Å². The highest BCUT2D eigenvalue weighted by Crippen LogP contribution is 2.41. The van der Waals surface area contributed by atoms with Crippen LogP contribution in [-0.4, -0.2) is 12.3 Å². The second-order valence-electron chi connectivity index (χ2n) is 5.04. The first-order valence-electron chi connectivity index (χ1n) is 6.28. The molecule has 2 nitrogen and oxygen atoms in total. The Labute approximate surface area is 100 Å². The molecule has 1 aliphatic heterocycles. The van der Waals surface area contributed by atoms with Gasteiger partial charge < -0.3 is 5.32 Å². The molecule has 0 spiro atoms. The Kier molecular flexibility index (Phi) is 2.71. The molecule has 0 aromatic heterocycles. The van der Waals surface area contributed by atoms with E-state index in [9.17, 15) is 9.18 Å². The van der Waals surface area contributed by atoms with Crippen molar-refractivity contribution in [2.75, 3.05) is 6.54 Å². The fraction of sp³-hybridized carbons (Fsp3) is 0.500. The van der Waals surface area contributed by atoms with Crippen molar-refractivity contribution in [1.29, 1.82) is 0 Å². The van der Waals surface area contributed by atoms with Gasteiger partial charge in [-0.1, -0.05) is 18.2 Å². The fourth-order valence-corrected chi connectivity index (χ4v) is 3.27. The van der Waals surface area contributed by atoms with Gasteiger partial charge in [0.15, 0.2) is 0 Å². The van der Waals surface area contributed by atoms with Crippen molar-refractivity contribution in [1.82, 2.24) is 5.32 Å². The maximum absolute atomic E-state index is 13.8. The van der Waals surface area contributed by atoms with Crippen LogP contribution in [0.1, 0.15) is 30.9 Å². The predicted octanol–water partition coefficient (Wildman–Crippen LogP) is 2.46. The molecule has 1 aromatic rings. The van der Waals surface area contributed by atoms with E-state index in [1.165, 1.54) is 6.07 Å². The number of halogens is 1. The number of fused-ring (bicyclic) bond motifs is 1. The van der Waals surface area contributed by atoms with Crippen LogP contribution in [0.4, 0.5) is 4.39 Å². The molecule has 2 fully saturated rings. The molecule has 1 aliphatic carbocycles. The van der Waals surface area contributed by atoms with Gasteiger partial charge in [-0.15, -0.1) is 0 Å². The molecule has 1 aromatic carbocycles. The van der Waals surface area contributed by atoms with Gasteiger partial charge in [-0.3, -0.25) is 4.79 Å². The van der Waals surface area contributed by atoms with Crippen molar-refractivity contribution in [2.24, 2.45) is 11.8 Å². The summed E-state index contributed by atoms with van der Waals surface area (Å²) in [6.07, 6.45) is 2.68. The summed E-state index contributed by atoms with van der Waals surface area (Å²) in [5, 5.41) is 3.33. The average molecular weight is 233 g/mol. The standard InChI is InChI=1S/C14H16FNO/c15-12-6-2-1-4-10(12)14-9-5-3-7-13(17)11(9)8-16-14/h1-2,4,6,9,11,14,16H,3,5,7-8H2. The lowest BCUT2D eigenvalue weighted by atomic mass is 9.76. The van der Waals surface area contributed by atoms with Crippen molar-refractivity contribution in [2.45, 2.75) is 25.3 Å². The third-order valence-electron chi connectivity index (χ3n) is 4.12. The van der Waals surface area contributed by atoms with Crippen LogP contribution in [0.3, 0.4) is 0 Å². The number of nitrogens with one attached hydrogen (secondary N) is 1. The fourth-order valence-electron chi connectivity index (χ4n) is 3.27. The van der Waals surface area contributed by atoms with E-state index in [1.54, 1.807) is 6.07 Å². The first-order chi connectivity index (χ1) is 8.27. The summed E-state index contributed by atoms with van der Waals surface area (Å²) in [5.41, 5.74) is 0.717. The van der Waals surface area contributed by atoms with Gasteiger partial charge in [0.1, 0.15) is 11.6 Å². The molecular weight excluding hydrogens is 217 g/mol. The molecule has 3 rings (SSSR count). The third-order valence-corrected chi connectivity index (χ3v) is 4.12. The van der Waals surface area contributed by atoms with Crippen molar-refractivity contribution < 1.29 is 9.18 Å². The molecule has 3 heteroatoms. The van der Waals surface area contributed by atoms with Crippen LogP contribution < -0.4 is 5.32 Å². The van der Waals surface area contributed by atoms with Gasteiger partial charge in [0, 0.05) is 30.5 Å². The molecule has 90 valence electrons. The van der Waals surface area contributed by atoms with E-state index in [0.717, 1.165) is 18.4 Å². The van der Waals surface area contributed by atoms with Gasteiger partial charge in [-0.2, -0.15) is 0 Å². The van der Waals surface area contributed by atoms with E-state index < -0.39 is 0 Å². The number of Topliss-reactive ketones (excluding diaryl/α,β-unsaturated/α-hetero) is 1. The Morgan fingerprint density at radius 3 is 2.94 bits per heavy atom. The number of carbonyl (C=O) groups excluding carboxylic acids is 1. The molecule has 1 N–H and O–H groups in total. The molecule has 1 saturated carbocycles. The molecule has 17 heavy (non-hydrogen) atoms. The minimum atomic E-state index is -0.163. The van der Waals surface area contributed by atoms with Crippen molar-refractivity contribution in [3.8, 4) is 0 Å². The topological polar surface area (TPSA) is 29.1 Å². The third kappa shape index (κ3) is 1.78. The van der Waals surface area contributed by atoms with E-state index >= 15 is 0 Å². The normalized spacial score (nSPS) is 32.5. The molecule has 1 heterocycles. The summed E-state index contributed by atoms with van der Waals surface area (Å²) in [6.45, 7) is 0.711. The van der Waals surface area contributed by atoms with Crippen LogP contribution in [0.5, 0.6) is 0 Å². The lowest BCUT2D eigenvalue weighted by Crippen LogP contribution is -2.28. The molecular formula is C14H16FNO. The van der Waals surface area contributed by atoms with Crippen LogP contribution in [0.2, 0.25) is 0 Å². The summed E-state index contributed by atoms with van der Waals surface area (Å²) in [6, 6.07) is 6.91. The Morgan fingerprint density at radius 2 is 2.12 bits per heavy atom. The highest BCUT2D eigenvalue weighted by atomic mass is 19.1. The van der Waals surface area contributed by atoms with E-state index in [4.69, 9.17) is 0 Å². The van der Waals surface area contributed by atoms with Crippen molar-refractivity contribution in [3.05, 3.63) is 35.6 Å². The number of carbonyl (C=O) groups is 1. The molecule has 0 bridgehead atoms. The summed E-state index contributed by atoms with van der Waals surface area (Å²) >= 11 is 0. The minimum absolute atomic E-state index is 0.0189. The summed E-state index contributed by atoms with van der Waals surface area (Å²) in [5.74, 6) is 0.581. The molecule has 0 amide bonds. The number of ketones is 1. The summed E-state index contributed by atoms with van der Waals surface area (Å²) in [7, 11) is 0. The largest absolute Gasteiger partial charge is 0.309 e. The zero-order chi connectivity index (χ0) is 11.8. The molecule has 3 unspecified atom stereocenters. The maximum atomic E-state index is 13.8. The van der Waals surface area contributed by atoms with Crippen LogP contribution in [0, 0.1) is 17.7 Å². The van der Waals surface area contributed by atoms with Gasteiger partial charge in [-0.25, -0.2) is 4.39 Å². The minimum Gasteiger partial charge on any atom is -0.309 e. The van der Waals surface area contributed by atoms with E-state index in [0.29, 0.717) is 18.7 Å². The summed E-state index contributed by atoms with van der Waals surface area (Å²) in [4.78, 5) is 11.8. The van der Waals surface area contributed by atoms with Crippen LogP contribution in [0.15, 0.2) is 24.3 Å². The van der Waals surface area contributed by atoms with E-state index in [1.807, 2.05) is 12.1 Å². The van der Waals surface area contributed by atoms with Crippen LogP contribution in [0.25, 0.3) is 0 Å². The number of rotatable bonds is 1. The molecule has 1 saturated heterocycles. The highest BCUT2D eigenvalue weighted by Gasteiger charge is 2.42. The summed E-state index contributed by atoms with van der Waals surface area (Å²) < 4.78 is 13.8. The Balaban J connectivity index is 1.91. The Morgan fingerprint density at radius 1 is 1.29 bits per heavy atom. The maximum Gasteiger partial charge on any atom is 0.137 e. The van der Waals surface area contributed by atoms with Gasteiger partial charge in [0.05, 0.1) is 0 Å². The molecule has 0 radical (unpaired) electrons. The van der Waals surface area contributed by atoms with Gasteiger partial charge in [-0.05, 0) is 24.8 Å². The van der Waals surface area contributed by atoms with Crippen LogP contribution in [-0.2, 0) is 4.79 Å². The highest BCUT2D eigenvalue weighted by molar-refractivity contribution is 5.82. The average Bonchev–Trinajstić information content (AvgIpc) is 2.75. The smallest absolute Gasteiger partial charge is 0.137 e. The first kappa shape index (κ1) is 10.9. The van der Waals surface area contributed by atoms with Gasteiger partial charge >= 0.3 is 0 Å². The zero-order valence-electron chi connectivity index (χ0n) is 9.66. The van der Waals surface area contributed by atoms with E-state index in [2.05, 4.69) is 5.32 Å². The Hall–Kier alpha value is -1.22. The van der Waals surface area contributed by atoms with Gasteiger partial charge in [0.2, 0.25) is 0 Å². The first-order valence-corrected chi connectivity index (χ1v) is 6.28. The zero-order valence-corrected chi connectivity index (χ0v) is 9.66. The quantitative estimate of drug-likeness (QED) is 0.807. The number of hydrogen-bond acceptors (Lipinski definition) is 2. The molecule has 2 aliphatic rings. The van der Waals surface area contributed by atoms with Gasteiger partial charge in [0.25, 0.3) is 0 Å². The predicted molar refractivity (Wildman–Crippen MR) is 63.0 cm³/mol. The second-order valence-corrected chi connectivity index (χ2v) is 5.04. The Bertz CT molecular complexity index is 446. The number of benzene rings is 1. The monoisotopic (exact) mass is 233 g/mol. The lowest BCUT2D eigenvalue weighted by Gasteiger charge is -2.27. The second kappa shape index (κ2) is 4.22. The van der Waals surface area contributed by atoms with E-state index in [-0.39, 0.29) is 23.7 Å². The van der Waals surface area contributed by atoms with Crippen molar-refractivity contribution in [3.63, 3.8) is 0 Å². The van der Waals surface area contributed by atoms with Crippen molar-refractivity contribution >= 4 is 5.78 Å². The lowest BCUT2D eigenvalue weighted by molar-refractivity contribution is -0.125.